The van der Waals surface area contributed by atoms with E-state index in [0.29, 0.717) is 6.04 Å². The van der Waals surface area contributed by atoms with Crippen LogP contribution in [0.1, 0.15) is 79.6 Å². The molecule has 0 aliphatic rings. The highest BCUT2D eigenvalue weighted by Crippen LogP contribution is 2.09. The van der Waals surface area contributed by atoms with Gasteiger partial charge in [0, 0.05) is 19.6 Å². The van der Waals surface area contributed by atoms with E-state index in [2.05, 4.69) is 19.2 Å². The van der Waals surface area contributed by atoms with Crippen LogP contribution < -0.4 is 5.32 Å². The Labute approximate surface area is 138 Å². The van der Waals surface area contributed by atoms with Crippen molar-refractivity contribution in [2.75, 3.05) is 20.1 Å². The van der Waals surface area contributed by atoms with Gasteiger partial charge in [0.25, 0.3) is 0 Å². The summed E-state index contributed by atoms with van der Waals surface area (Å²) >= 11 is 0. The maximum absolute atomic E-state index is 11.8. The monoisotopic (exact) mass is 314 g/mol. The number of nitrogens with one attached hydrogen (secondary N) is 1. The van der Waals surface area contributed by atoms with Gasteiger partial charge >= 0.3 is 6.09 Å². The molecule has 0 aliphatic carbocycles. The third-order valence-electron chi connectivity index (χ3n) is 3.61. The molecule has 4 nitrogen and oxygen atoms in total. The van der Waals surface area contributed by atoms with E-state index >= 15 is 0 Å². The SMILES string of the molecule is CCCCCCCC(C)NCCCN(C)C(=O)OC(C)(C)C. The van der Waals surface area contributed by atoms with Gasteiger partial charge in [-0.1, -0.05) is 39.0 Å². The first kappa shape index (κ1) is 21.2. The van der Waals surface area contributed by atoms with Gasteiger partial charge in [0.15, 0.2) is 0 Å². The number of carbonyl (C=O) groups is 1. The zero-order chi connectivity index (χ0) is 17.0. The summed E-state index contributed by atoms with van der Waals surface area (Å²) in [4.78, 5) is 13.5. The van der Waals surface area contributed by atoms with E-state index in [1.54, 1.807) is 11.9 Å². The highest BCUT2D eigenvalue weighted by Gasteiger charge is 2.19. The van der Waals surface area contributed by atoms with Crippen molar-refractivity contribution in [3.05, 3.63) is 0 Å². The average molecular weight is 315 g/mol. The van der Waals surface area contributed by atoms with Gasteiger partial charge in [-0.05, 0) is 47.1 Å². The van der Waals surface area contributed by atoms with Gasteiger partial charge in [0.1, 0.15) is 5.60 Å². The van der Waals surface area contributed by atoms with Crippen LogP contribution in [-0.4, -0.2) is 42.8 Å². The Bertz CT molecular complexity index is 287. The van der Waals surface area contributed by atoms with Gasteiger partial charge in [-0.25, -0.2) is 4.79 Å². The fourth-order valence-electron chi connectivity index (χ4n) is 2.25. The lowest BCUT2D eigenvalue weighted by atomic mass is 10.1. The number of ether oxygens (including phenoxy) is 1. The van der Waals surface area contributed by atoms with Gasteiger partial charge in [-0.15, -0.1) is 0 Å². The normalized spacial score (nSPS) is 13.0. The lowest BCUT2D eigenvalue weighted by molar-refractivity contribution is 0.0297. The van der Waals surface area contributed by atoms with E-state index in [4.69, 9.17) is 4.74 Å². The van der Waals surface area contributed by atoms with Crippen LogP contribution >= 0.6 is 0 Å². The number of carbonyl (C=O) groups excluding carboxylic acids is 1. The van der Waals surface area contributed by atoms with Crippen molar-refractivity contribution in [3.63, 3.8) is 0 Å². The smallest absolute Gasteiger partial charge is 0.410 e. The molecule has 0 aliphatic heterocycles. The fourth-order valence-corrected chi connectivity index (χ4v) is 2.25. The highest BCUT2D eigenvalue weighted by molar-refractivity contribution is 5.67. The minimum atomic E-state index is -0.421. The molecule has 1 atom stereocenters. The summed E-state index contributed by atoms with van der Waals surface area (Å²) in [6, 6.07) is 0.563. The standard InChI is InChI=1S/C18H38N2O2/c1-7-8-9-10-11-13-16(2)19-14-12-15-20(6)17(21)22-18(3,4)5/h16,19H,7-15H2,1-6H3. The zero-order valence-electron chi connectivity index (χ0n) is 15.7. The molecule has 0 rings (SSSR count). The summed E-state index contributed by atoms with van der Waals surface area (Å²) in [6.45, 7) is 11.8. The van der Waals surface area contributed by atoms with E-state index < -0.39 is 5.60 Å². The first-order chi connectivity index (χ1) is 10.3. The van der Waals surface area contributed by atoms with E-state index in [1.165, 1.54) is 38.5 Å². The Morgan fingerprint density at radius 2 is 1.77 bits per heavy atom. The van der Waals surface area contributed by atoms with E-state index in [0.717, 1.165) is 19.5 Å². The van der Waals surface area contributed by atoms with Gasteiger partial charge in [0.05, 0.1) is 0 Å². The summed E-state index contributed by atoms with van der Waals surface area (Å²) in [7, 11) is 1.80. The van der Waals surface area contributed by atoms with Crippen LogP contribution in [0.25, 0.3) is 0 Å². The van der Waals surface area contributed by atoms with Gasteiger partial charge < -0.3 is 15.0 Å². The van der Waals surface area contributed by atoms with E-state index in [-0.39, 0.29) is 6.09 Å². The van der Waals surface area contributed by atoms with Crippen LogP contribution in [0.4, 0.5) is 4.79 Å². The van der Waals surface area contributed by atoms with Crippen LogP contribution in [0.5, 0.6) is 0 Å². The van der Waals surface area contributed by atoms with Gasteiger partial charge in [-0.2, -0.15) is 0 Å². The van der Waals surface area contributed by atoms with Crippen molar-refractivity contribution in [2.45, 2.75) is 91.2 Å². The minimum absolute atomic E-state index is 0.239. The van der Waals surface area contributed by atoms with Crippen molar-refractivity contribution in [2.24, 2.45) is 0 Å². The molecular weight excluding hydrogens is 276 g/mol. The zero-order valence-corrected chi connectivity index (χ0v) is 15.7. The molecule has 0 aromatic rings. The second-order valence-electron chi connectivity index (χ2n) is 7.31. The molecule has 1 N–H and O–H groups in total. The molecule has 132 valence electrons. The van der Waals surface area contributed by atoms with Crippen molar-refractivity contribution >= 4 is 6.09 Å². The third-order valence-corrected chi connectivity index (χ3v) is 3.61. The van der Waals surface area contributed by atoms with Gasteiger partial charge in [0.2, 0.25) is 0 Å². The Balaban J connectivity index is 3.60. The fraction of sp³-hybridized carbons (Fsp3) is 0.944. The molecule has 1 unspecified atom stereocenters. The molecule has 1 amide bonds. The van der Waals surface area contributed by atoms with Crippen molar-refractivity contribution in [1.29, 1.82) is 0 Å². The molecule has 0 heterocycles. The molecule has 0 spiro atoms. The van der Waals surface area contributed by atoms with Crippen LogP contribution in [-0.2, 0) is 4.74 Å². The highest BCUT2D eigenvalue weighted by atomic mass is 16.6. The molecular formula is C18H38N2O2. The Hall–Kier alpha value is -0.770. The summed E-state index contributed by atoms with van der Waals surface area (Å²) in [5.41, 5.74) is -0.421. The average Bonchev–Trinajstić information content (AvgIpc) is 2.41. The number of nitrogens with zero attached hydrogens (tertiary/aromatic N) is 1. The van der Waals surface area contributed by atoms with E-state index in [9.17, 15) is 4.79 Å². The molecule has 4 heteroatoms. The number of unbranched alkanes of at least 4 members (excludes halogenated alkanes) is 4. The number of rotatable bonds is 11. The van der Waals surface area contributed by atoms with Crippen LogP contribution in [0.3, 0.4) is 0 Å². The summed E-state index contributed by atoms with van der Waals surface area (Å²) in [6.07, 6.45) is 8.65. The summed E-state index contributed by atoms with van der Waals surface area (Å²) in [5.74, 6) is 0. The van der Waals surface area contributed by atoms with Crippen LogP contribution in [0.15, 0.2) is 0 Å². The quantitative estimate of drug-likeness (QED) is 0.567. The van der Waals surface area contributed by atoms with Crippen molar-refractivity contribution < 1.29 is 9.53 Å². The Morgan fingerprint density at radius 1 is 1.14 bits per heavy atom. The lowest BCUT2D eigenvalue weighted by Gasteiger charge is -2.24. The topological polar surface area (TPSA) is 41.6 Å². The molecule has 0 aromatic heterocycles. The number of hydrogen-bond donors (Lipinski definition) is 1. The number of amides is 1. The Kier molecular flexibility index (Phi) is 11.3. The Morgan fingerprint density at radius 3 is 2.36 bits per heavy atom. The minimum Gasteiger partial charge on any atom is -0.444 e. The predicted octanol–water partition coefficient (Wildman–Crippen LogP) is 4.58. The lowest BCUT2D eigenvalue weighted by Crippen LogP contribution is -2.36. The molecule has 0 radical (unpaired) electrons. The van der Waals surface area contributed by atoms with Gasteiger partial charge in [-0.3, -0.25) is 0 Å². The third kappa shape index (κ3) is 12.9. The molecule has 22 heavy (non-hydrogen) atoms. The summed E-state index contributed by atoms with van der Waals surface area (Å²) < 4.78 is 5.33. The molecule has 0 fully saturated rings. The molecule has 0 bridgehead atoms. The van der Waals surface area contributed by atoms with E-state index in [1.807, 2.05) is 20.8 Å². The van der Waals surface area contributed by atoms with Crippen molar-refractivity contribution in [3.8, 4) is 0 Å². The second kappa shape index (κ2) is 11.8. The van der Waals surface area contributed by atoms with Crippen LogP contribution in [0.2, 0.25) is 0 Å². The largest absolute Gasteiger partial charge is 0.444 e. The maximum Gasteiger partial charge on any atom is 0.410 e. The second-order valence-corrected chi connectivity index (χ2v) is 7.31. The molecule has 0 saturated heterocycles. The molecule has 0 aromatic carbocycles. The first-order valence-corrected chi connectivity index (χ1v) is 8.93. The molecule has 0 saturated carbocycles. The number of hydrogen-bond acceptors (Lipinski definition) is 3. The van der Waals surface area contributed by atoms with Crippen molar-refractivity contribution in [1.82, 2.24) is 10.2 Å². The van der Waals surface area contributed by atoms with Crippen LogP contribution in [0, 0.1) is 0 Å². The predicted molar refractivity (Wildman–Crippen MR) is 94.3 cm³/mol. The first-order valence-electron chi connectivity index (χ1n) is 8.93. The maximum atomic E-state index is 11.8. The summed E-state index contributed by atoms with van der Waals surface area (Å²) in [5, 5.41) is 3.54.